The van der Waals surface area contributed by atoms with E-state index in [0.717, 1.165) is 24.2 Å². The summed E-state index contributed by atoms with van der Waals surface area (Å²) >= 11 is 0. The molecule has 0 radical (unpaired) electrons. The Bertz CT molecular complexity index is 749. The minimum absolute atomic E-state index is 0.914. The fourth-order valence-electron chi connectivity index (χ4n) is 2.98. The summed E-state index contributed by atoms with van der Waals surface area (Å²) in [7, 11) is 0. The Morgan fingerprint density at radius 1 is 0.909 bits per heavy atom. The first-order valence-corrected chi connectivity index (χ1v) is 7.67. The van der Waals surface area contributed by atoms with Gasteiger partial charge in [-0.3, -0.25) is 0 Å². The van der Waals surface area contributed by atoms with E-state index in [2.05, 4.69) is 43.2 Å². The predicted octanol–water partition coefficient (Wildman–Crippen LogP) is 3.98. The summed E-state index contributed by atoms with van der Waals surface area (Å²) in [5.41, 5.74) is 7.57. The highest BCUT2D eigenvalue weighted by Crippen LogP contribution is 2.18. The lowest BCUT2D eigenvalue weighted by atomic mass is 9.96. The van der Waals surface area contributed by atoms with Gasteiger partial charge in [0.25, 0.3) is 0 Å². The van der Waals surface area contributed by atoms with Crippen LogP contribution in [0.4, 0.5) is 0 Å². The smallest absolute Gasteiger partial charge is 0.0835 e. The van der Waals surface area contributed by atoms with Gasteiger partial charge in [-0.05, 0) is 62.4 Å². The second-order valence-corrected chi connectivity index (χ2v) is 5.87. The lowest BCUT2D eigenvalue weighted by molar-refractivity contribution is 0.793. The van der Waals surface area contributed by atoms with E-state index in [9.17, 15) is 0 Å². The molecule has 3 rings (SSSR count). The van der Waals surface area contributed by atoms with E-state index in [4.69, 9.17) is 0 Å². The maximum Gasteiger partial charge on any atom is 0.0835 e. The van der Waals surface area contributed by atoms with Crippen LogP contribution in [0.5, 0.6) is 0 Å². The first-order valence-electron chi connectivity index (χ1n) is 7.67. The van der Waals surface area contributed by atoms with Gasteiger partial charge in [0, 0.05) is 0 Å². The Morgan fingerprint density at radius 2 is 1.59 bits per heavy atom. The van der Waals surface area contributed by atoms with Gasteiger partial charge >= 0.3 is 0 Å². The molecule has 0 N–H and O–H groups in total. The third kappa shape index (κ3) is 3.08. The van der Waals surface area contributed by atoms with Gasteiger partial charge in [0.1, 0.15) is 0 Å². The molecular formula is C19H21N3. The average Bonchev–Trinajstić information content (AvgIpc) is 2.96. The van der Waals surface area contributed by atoms with Gasteiger partial charge in [-0.25, -0.2) is 4.68 Å². The lowest BCUT2D eigenvalue weighted by Crippen LogP contribution is -1.98. The van der Waals surface area contributed by atoms with Crippen molar-refractivity contribution in [3.8, 4) is 5.69 Å². The van der Waals surface area contributed by atoms with Crippen LogP contribution in [0.1, 0.15) is 27.9 Å². The van der Waals surface area contributed by atoms with Crippen molar-refractivity contribution in [3.63, 3.8) is 0 Å². The quantitative estimate of drug-likeness (QED) is 0.728. The third-order valence-corrected chi connectivity index (χ3v) is 4.03. The molecule has 3 aromatic rings. The molecule has 0 aliphatic rings. The Labute approximate surface area is 131 Å². The Balaban J connectivity index is 1.74. The highest BCUT2D eigenvalue weighted by atomic mass is 15.4. The van der Waals surface area contributed by atoms with E-state index in [1.54, 1.807) is 0 Å². The minimum atomic E-state index is 0.914. The zero-order valence-corrected chi connectivity index (χ0v) is 13.4. The molecule has 3 nitrogen and oxygen atoms in total. The number of aryl methyl sites for hydroxylation is 4. The molecule has 0 amide bonds. The number of rotatable bonds is 4. The summed E-state index contributed by atoms with van der Waals surface area (Å²) in [5, 5.41) is 8.52. The van der Waals surface area contributed by atoms with E-state index >= 15 is 0 Å². The highest BCUT2D eigenvalue weighted by Gasteiger charge is 2.07. The zero-order valence-electron chi connectivity index (χ0n) is 13.4. The molecule has 0 spiro atoms. The molecule has 0 saturated carbocycles. The molecule has 0 fully saturated rings. The molecule has 112 valence electrons. The summed E-state index contributed by atoms with van der Waals surface area (Å²) in [6.07, 6.45) is 3.94. The standard InChI is InChI=1S/C19H21N3/c1-14-11-15(2)19(16(3)12-14)10-9-17-13-22(21-20-17)18-7-5-4-6-8-18/h4-8,11-13H,9-10H2,1-3H3. The molecule has 3 heteroatoms. The largest absolute Gasteiger partial charge is 0.220 e. The van der Waals surface area contributed by atoms with Crippen molar-refractivity contribution in [1.82, 2.24) is 15.0 Å². The topological polar surface area (TPSA) is 30.7 Å². The summed E-state index contributed by atoms with van der Waals surface area (Å²) in [6, 6.07) is 14.6. The van der Waals surface area contributed by atoms with Gasteiger partial charge in [0.15, 0.2) is 0 Å². The van der Waals surface area contributed by atoms with Crippen molar-refractivity contribution in [1.29, 1.82) is 0 Å². The predicted molar refractivity (Wildman–Crippen MR) is 89.4 cm³/mol. The SMILES string of the molecule is Cc1cc(C)c(CCc2cn(-c3ccccc3)nn2)c(C)c1. The van der Waals surface area contributed by atoms with Crippen molar-refractivity contribution in [3.05, 3.63) is 76.6 Å². The van der Waals surface area contributed by atoms with E-state index in [-0.39, 0.29) is 0 Å². The zero-order chi connectivity index (χ0) is 15.5. The average molecular weight is 291 g/mol. The number of benzene rings is 2. The van der Waals surface area contributed by atoms with Crippen LogP contribution < -0.4 is 0 Å². The van der Waals surface area contributed by atoms with E-state index < -0.39 is 0 Å². The number of hydrogen-bond donors (Lipinski definition) is 0. The Hall–Kier alpha value is -2.42. The van der Waals surface area contributed by atoms with Gasteiger partial charge in [0.05, 0.1) is 17.6 Å². The van der Waals surface area contributed by atoms with Crippen molar-refractivity contribution >= 4 is 0 Å². The molecule has 1 aromatic heterocycles. The molecule has 22 heavy (non-hydrogen) atoms. The van der Waals surface area contributed by atoms with E-state index in [0.29, 0.717) is 0 Å². The van der Waals surface area contributed by atoms with E-state index in [1.165, 1.54) is 22.3 Å². The van der Waals surface area contributed by atoms with Crippen LogP contribution in [0.15, 0.2) is 48.7 Å². The number of hydrogen-bond acceptors (Lipinski definition) is 2. The first-order chi connectivity index (χ1) is 10.6. The molecule has 0 unspecified atom stereocenters. The molecule has 0 atom stereocenters. The molecule has 1 heterocycles. The second kappa shape index (κ2) is 6.14. The Morgan fingerprint density at radius 3 is 2.27 bits per heavy atom. The summed E-state index contributed by atoms with van der Waals surface area (Å²) in [6.45, 7) is 6.53. The van der Waals surface area contributed by atoms with Crippen LogP contribution >= 0.6 is 0 Å². The van der Waals surface area contributed by atoms with Gasteiger partial charge in [0.2, 0.25) is 0 Å². The monoisotopic (exact) mass is 291 g/mol. The van der Waals surface area contributed by atoms with Gasteiger partial charge in [-0.15, -0.1) is 5.10 Å². The maximum absolute atomic E-state index is 4.30. The van der Waals surface area contributed by atoms with Crippen LogP contribution in [0, 0.1) is 20.8 Å². The lowest BCUT2D eigenvalue weighted by Gasteiger charge is -2.10. The fourth-order valence-corrected chi connectivity index (χ4v) is 2.98. The maximum atomic E-state index is 4.30. The summed E-state index contributed by atoms with van der Waals surface area (Å²) in [5.74, 6) is 0. The Kier molecular flexibility index (Phi) is 4.05. The number of aromatic nitrogens is 3. The normalized spacial score (nSPS) is 10.9. The van der Waals surface area contributed by atoms with Crippen molar-refractivity contribution in [2.24, 2.45) is 0 Å². The van der Waals surface area contributed by atoms with Gasteiger partial charge < -0.3 is 0 Å². The molecule has 0 aliphatic heterocycles. The summed E-state index contributed by atoms with van der Waals surface area (Å²) in [4.78, 5) is 0. The van der Waals surface area contributed by atoms with Gasteiger partial charge in [-0.1, -0.05) is 41.1 Å². The molecular weight excluding hydrogens is 270 g/mol. The van der Waals surface area contributed by atoms with Crippen LogP contribution in [0.3, 0.4) is 0 Å². The molecule has 0 saturated heterocycles. The van der Waals surface area contributed by atoms with Crippen LogP contribution in [0.2, 0.25) is 0 Å². The number of para-hydroxylation sites is 1. The third-order valence-electron chi connectivity index (χ3n) is 4.03. The number of nitrogens with zero attached hydrogens (tertiary/aromatic N) is 3. The van der Waals surface area contributed by atoms with Crippen molar-refractivity contribution in [2.75, 3.05) is 0 Å². The van der Waals surface area contributed by atoms with Crippen molar-refractivity contribution in [2.45, 2.75) is 33.6 Å². The highest BCUT2D eigenvalue weighted by molar-refractivity contribution is 5.38. The summed E-state index contributed by atoms with van der Waals surface area (Å²) < 4.78 is 1.84. The first kappa shape index (κ1) is 14.5. The second-order valence-electron chi connectivity index (χ2n) is 5.87. The van der Waals surface area contributed by atoms with E-state index in [1.807, 2.05) is 41.2 Å². The molecule has 0 aliphatic carbocycles. The minimum Gasteiger partial charge on any atom is -0.220 e. The van der Waals surface area contributed by atoms with Crippen molar-refractivity contribution < 1.29 is 0 Å². The van der Waals surface area contributed by atoms with Crippen LogP contribution in [-0.4, -0.2) is 15.0 Å². The van der Waals surface area contributed by atoms with Gasteiger partial charge in [-0.2, -0.15) is 0 Å². The molecule has 2 aromatic carbocycles. The van der Waals surface area contributed by atoms with Crippen LogP contribution in [0.25, 0.3) is 5.69 Å². The van der Waals surface area contributed by atoms with Crippen LogP contribution in [-0.2, 0) is 12.8 Å². The molecule has 0 bridgehead atoms. The fraction of sp³-hybridized carbons (Fsp3) is 0.263.